The van der Waals surface area contributed by atoms with Crippen LogP contribution in [0.25, 0.3) is 0 Å². The van der Waals surface area contributed by atoms with Crippen LogP contribution in [0.1, 0.15) is 39.5 Å². The minimum absolute atomic E-state index is 0.141. The number of aliphatic hydroxyl groups is 1. The van der Waals surface area contributed by atoms with Crippen LogP contribution in [-0.2, 0) is 0 Å². The molecule has 0 amide bonds. The molecule has 2 aliphatic rings. The second-order valence-corrected chi connectivity index (χ2v) is 5.73. The van der Waals surface area contributed by atoms with Gasteiger partial charge in [-0.15, -0.1) is 0 Å². The molecule has 0 spiro atoms. The average molecular weight is 220 g/mol. The molecule has 1 unspecified atom stereocenters. The first kappa shape index (κ1) is 11.9. The molecule has 1 N–H and O–H groups in total. The van der Waals surface area contributed by atoms with Crippen LogP contribution >= 0.6 is 0 Å². The van der Waals surface area contributed by atoms with Crippen molar-refractivity contribution < 1.29 is 5.11 Å². The molecule has 2 rings (SSSR count). The van der Waals surface area contributed by atoms with E-state index in [4.69, 9.17) is 0 Å². The summed E-state index contributed by atoms with van der Waals surface area (Å²) in [4.78, 5) is 0. The Bertz CT molecular complexity index is 303. The Morgan fingerprint density at radius 2 is 2.06 bits per heavy atom. The molecule has 1 heteroatoms. The summed E-state index contributed by atoms with van der Waals surface area (Å²) in [6.45, 7) is 8.89. The fraction of sp³-hybridized carbons (Fsp3) is 0.733. The summed E-state index contributed by atoms with van der Waals surface area (Å²) in [7, 11) is 0. The number of rotatable bonds is 2. The number of hydrogen-bond donors (Lipinski definition) is 1. The van der Waals surface area contributed by atoms with Crippen molar-refractivity contribution >= 4 is 0 Å². The maximum Gasteiger partial charge on any atom is 0.0644 e. The van der Waals surface area contributed by atoms with Crippen molar-refractivity contribution in [2.24, 2.45) is 23.7 Å². The van der Waals surface area contributed by atoms with E-state index in [0.29, 0.717) is 5.92 Å². The Morgan fingerprint density at radius 3 is 2.75 bits per heavy atom. The quantitative estimate of drug-likeness (QED) is 0.706. The van der Waals surface area contributed by atoms with Gasteiger partial charge in [0.25, 0.3) is 0 Å². The predicted octanol–water partition coefficient (Wildman–Crippen LogP) is 3.55. The van der Waals surface area contributed by atoms with Crippen LogP contribution < -0.4 is 0 Å². The van der Waals surface area contributed by atoms with E-state index < -0.39 is 0 Å². The lowest BCUT2D eigenvalue weighted by Gasteiger charge is -2.18. The lowest BCUT2D eigenvalue weighted by atomic mass is 9.87. The predicted molar refractivity (Wildman–Crippen MR) is 68.1 cm³/mol. The maximum absolute atomic E-state index is 9.22. The monoisotopic (exact) mass is 220 g/mol. The van der Waals surface area contributed by atoms with E-state index in [1.807, 2.05) is 0 Å². The van der Waals surface area contributed by atoms with Crippen LogP contribution in [0.5, 0.6) is 0 Å². The topological polar surface area (TPSA) is 20.2 Å². The van der Waals surface area contributed by atoms with Gasteiger partial charge in [0.15, 0.2) is 0 Å². The molecule has 90 valence electrons. The molecule has 2 aliphatic carbocycles. The van der Waals surface area contributed by atoms with Gasteiger partial charge in [-0.1, -0.05) is 32.1 Å². The van der Waals surface area contributed by atoms with Crippen LogP contribution in [0, 0.1) is 23.7 Å². The van der Waals surface area contributed by atoms with Gasteiger partial charge in [-0.3, -0.25) is 0 Å². The van der Waals surface area contributed by atoms with Gasteiger partial charge in [0.05, 0.1) is 6.61 Å². The number of fused-ring (bicyclic) bond motifs is 1. The van der Waals surface area contributed by atoms with Crippen molar-refractivity contribution in [2.75, 3.05) is 6.61 Å². The zero-order valence-electron chi connectivity index (χ0n) is 10.6. The first-order valence-corrected chi connectivity index (χ1v) is 6.63. The van der Waals surface area contributed by atoms with E-state index in [9.17, 15) is 5.11 Å². The van der Waals surface area contributed by atoms with Crippen molar-refractivity contribution in [3.05, 3.63) is 23.8 Å². The van der Waals surface area contributed by atoms with E-state index in [0.717, 1.165) is 23.3 Å². The molecule has 0 aromatic heterocycles. The summed E-state index contributed by atoms with van der Waals surface area (Å²) in [5.41, 5.74) is 2.66. The van der Waals surface area contributed by atoms with Crippen molar-refractivity contribution in [2.45, 2.75) is 39.5 Å². The Morgan fingerprint density at radius 1 is 1.31 bits per heavy atom. The smallest absolute Gasteiger partial charge is 0.0644 e. The van der Waals surface area contributed by atoms with Gasteiger partial charge in [-0.25, -0.2) is 0 Å². The minimum atomic E-state index is 0.141. The Kier molecular flexibility index (Phi) is 3.53. The van der Waals surface area contributed by atoms with Crippen molar-refractivity contribution in [3.8, 4) is 0 Å². The van der Waals surface area contributed by atoms with E-state index in [2.05, 4.69) is 26.5 Å². The van der Waals surface area contributed by atoms with Gasteiger partial charge < -0.3 is 5.11 Å². The fourth-order valence-corrected chi connectivity index (χ4v) is 3.43. The highest BCUT2D eigenvalue weighted by Crippen LogP contribution is 2.45. The number of aliphatic hydroxyl groups excluding tert-OH is 1. The molecule has 0 radical (unpaired) electrons. The van der Waals surface area contributed by atoms with E-state index in [1.54, 1.807) is 5.57 Å². The first-order chi connectivity index (χ1) is 7.63. The normalized spacial score (nSPS) is 38.8. The van der Waals surface area contributed by atoms with Gasteiger partial charge in [-0.05, 0) is 54.9 Å². The summed E-state index contributed by atoms with van der Waals surface area (Å²) >= 11 is 0. The average Bonchev–Trinajstić information content (AvgIpc) is 2.55. The molecule has 0 aromatic carbocycles. The molecule has 1 saturated carbocycles. The second kappa shape index (κ2) is 4.75. The first-order valence-electron chi connectivity index (χ1n) is 6.63. The van der Waals surface area contributed by atoms with Crippen molar-refractivity contribution in [1.82, 2.24) is 0 Å². The van der Waals surface area contributed by atoms with Crippen molar-refractivity contribution in [1.29, 1.82) is 0 Å². The van der Waals surface area contributed by atoms with E-state index in [1.165, 1.54) is 25.7 Å². The van der Waals surface area contributed by atoms with Crippen LogP contribution in [0.2, 0.25) is 0 Å². The van der Waals surface area contributed by atoms with Gasteiger partial charge >= 0.3 is 0 Å². The summed E-state index contributed by atoms with van der Waals surface area (Å²) in [6.07, 6.45) is 7.60. The Balaban J connectivity index is 2.24. The van der Waals surface area contributed by atoms with Gasteiger partial charge in [0, 0.05) is 0 Å². The highest BCUT2D eigenvalue weighted by atomic mass is 16.3. The van der Waals surface area contributed by atoms with Crippen LogP contribution in [0.15, 0.2) is 23.8 Å². The highest BCUT2D eigenvalue weighted by Gasteiger charge is 2.34. The van der Waals surface area contributed by atoms with Gasteiger partial charge in [0.2, 0.25) is 0 Å². The van der Waals surface area contributed by atoms with Crippen LogP contribution in [0.4, 0.5) is 0 Å². The fourth-order valence-electron chi connectivity index (χ4n) is 3.43. The Hall–Kier alpha value is -0.560. The third-order valence-electron chi connectivity index (χ3n) is 4.65. The molecule has 4 atom stereocenters. The van der Waals surface area contributed by atoms with E-state index >= 15 is 0 Å². The Labute approximate surface area is 99.3 Å². The summed E-state index contributed by atoms with van der Waals surface area (Å²) in [5.74, 6) is 2.80. The van der Waals surface area contributed by atoms with Gasteiger partial charge in [-0.2, -0.15) is 0 Å². The molecule has 0 heterocycles. The second-order valence-electron chi connectivity index (χ2n) is 5.73. The minimum Gasteiger partial charge on any atom is -0.392 e. The van der Waals surface area contributed by atoms with E-state index in [-0.39, 0.29) is 6.61 Å². The van der Waals surface area contributed by atoms with Crippen molar-refractivity contribution in [3.63, 3.8) is 0 Å². The molecule has 1 nitrogen and oxygen atoms in total. The zero-order valence-corrected chi connectivity index (χ0v) is 10.6. The zero-order chi connectivity index (χ0) is 11.7. The molecule has 0 aromatic rings. The molecule has 16 heavy (non-hydrogen) atoms. The molecule has 1 fully saturated rings. The van der Waals surface area contributed by atoms with Crippen LogP contribution in [0.3, 0.4) is 0 Å². The molecule has 0 aliphatic heterocycles. The lowest BCUT2D eigenvalue weighted by molar-refractivity contribution is 0.314. The molecule has 0 bridgehead atoms. The largest absolute Gasteiger partial charge is 0.392 e. The molecular formula is C15H24O. The summed E-state index contributed by atoms with van der Waals surface area (Å²) < 4.78 is 0. The highest BCUT2D eigenvalue weighted by molar-refractivity contribution is 5.23. The summed E-state index contributed by atoms with van der Waals surface area (Å²) in [5, 5.41) is 9.22. The maximum atomic E-state index is 9.22. The summed E-state index contributed by atoms with van der Waals surface area (Å²) in [6, 6.07) is 0. The third-order valence-corrected chi connectivity index (χ3v) is 4.65. The lowest BCUT2D eigenvalue weighted by Crippen LogP contribution is -2.09. The SMILES string of the molecule is C=C(CO)[C@H]1C=C2[C@H](C)CC[C@@H]2C(C)CC1. The number of hydrogen-bond acceptors (Lipinski definition) is 1. The standard InChI is InChI=1S/C15H24O/c1-10-4-6-13(12(3)9-16)8-15-11(2)5-7-14(10)15/h8,10-11,13-14,16H,3-7,9H2,1-2H3/t10?,11-,13-,14-/m1/s1. The molecular weight excluding hydrogens is 196 g/mol. The third kappa shape index (κ3) is 2.10. The number of allylic oxidation sites excluding steroid dienone is 2. The molecule has 0 saturated heterocycles. The van der Waals surface area contributed by atoms with Gasteiger partial charge in [0.1, 0.15) is 0 Å². The van der Waals surface area contributed by atoms with Crippen LogP contribution in [-0.4, -0.2) is 11.7 Å².